The summed E-state index contributed by atoms with van der Waals surface area (Å²) in [5, 5.41) is 5.29. The molecule has 0 fully saturated rings. The molecule has 2 aromatic rings. The minimum Gasteiger partial charge on any atom is -0.449 e. The van der Waals surface area contributed by atoms with E-state index in [4.69, 9.17) is 4.74 Å². The molecule has 0 aliphatic rings. The van der Waals surface area contributed by atoms with Crippen molar-refractivity contribution in [3.05, 3.63) is 59.7 Å². The predicted octanol–water partition coefficient (Wildman–Crippen LogP) is 3.14. The van der Waals surface area contributed by atoms with Crippen LogP contribution in [-0.4, -0.2) is 23.9 Å². The van der Waals surface area contributed by atoms with Crippen LogP contribution in [-0.2, 0) is 14.3 Å². The van der Waals surface area contributed by atoms with E-state index in [1.807, 2.05) is 25.1 Å². The average Bonchev–Trinajstić information content (AvgIpc) is 2.54. The van der Waals surface area contributed by atoms with E-state index in [-0.39, 0.29) is 11.5 Å². The maximum Gasteiger partial charge on any atom is 0.338 e. The molecule has 0 heterocycles. The molecule has 2 aromatic carbocycles. The van der Waals surface area contributed by atoms with Crippen molar-refractivity contribution in [2.24, 2.45) is 0 Å². The highest BCUT2D eigenvalue weighted by Gasteiger charge is 2.19. The molecule has 0 saturated heterocycles. The molecule has 0 unspecified atom stereocenters. The SMILES string of the molecule is CC(=O)Nc1cccc(C(=O)O[C@H](C)C(=O)Nc2cccc(C)c2)c1. The highest BCUT2D eigenvalue weighted by Crippen LogP contribution is 2.14. The van der Waals surface area contributed by atoms with Crippen LogP contribution in [0.2, 0.25) is 0 Å². The van der Waals surface area contributed by atoms with Crippen LogP contribution in [0.15, 0.2) is 48.5 Å². The smallest absolute Gasteiger partial charge is 0.338 e. The molecule has 130 valence electrons. The highest BCUT2D eigenvalue weighted by molar-refractivity contribution is 5.98. The summed E-state index contributed by atoms with van der Waals surface area (Å²) in [6.07, 6.45) is -0.961. The summed E-state index contributed by atoms with van der Waals surface area (Å²) in [5.41, 5.74) is 2.39. The fourth-order valence-electron chi connectivity index (χ4n) is 2.18. The van der Waals surface area contributed by atoms with Crippen molar-refractivity contribution >= 4 is 29.2 Å². The first-order valence-electron chi connectivity index (χ1n) is 7.81. The lowest BCUT2D eigenvalue weighted by Gasteiger charge is -2.14. The Balaban J connectivity index is 1.99. The van der Waals surface area contributed by atoms with Crippen LogP contribution in [0.25, 0.3) is 0 Å². The molecular weight excluding hydrogens is 320 g/mol. The Morgan fingerprint density at radius 3 is 2.24 bits per heavy atom. The Bertz CT molecular complexity index is 802. The van der Waals surface area contributed by atoms with E-state index >= 15 is 0 Å². The number of nitrogens with one attached hydrogen (secondary N) is 2. The molecule has 0 aliphatic carbocycles. The Morgan fingerprint density at radius 2 is 1.60 bits per heavy atom. The summed E-state index contributed by atoms with van der Waals surface area (Å²) in [6, 6.07) is 13.7. The summed E-state index contributed by atoms with van der Waals surface area (Å²) in [5.74, 6) is -1.30. The third kappa shape index (κ3) is 5.46. The molecule has 2 amide bonds. The third-order valence-electron chi connectivity index (χ3n) is 3.36. The standard InChI is InChI=1S/C19H20N2O4/c1-12-6-4-8-16(10-12)21-18(23)13(2)25-19(24)15-7-5-9-17(11-15)20-14(3)22/h4-11,13H,1-3H3,(H,20,22)(H,21,23)/t13-/m1/s1. The maximum absolute atomic E-state index is 12.2. The normalized spacial score (nSPS) is 11.3. The first kappa shape index (κ1) is 18.2. The van der Waals surface area contributed by atoms with Crippen molar-refractivity contribution in [1.29, 1.82) is 0 Å². The van der Waals surface area contributed by atoms with Gasteiger partial charge in [-0.2, -0.15) is 0 Å². The largest absolute Gasteiger partial charge is 0.449 e. The second kappa shape index (κ2) is 8.10. The molecule has 6 heteroatoms. The topological polar surface area (TPSA) is 84.5 Å². The van der Waals surface area contributed by atoms with Gasteiger partial charge in [0.2, 0.25) is 5.91 Å². The summed E-state index contributed by atoms with van der Waals surface area (Å²) >= 11 is 0. The van der Waals surface area contributed by atoms with Gasteiger partial charge >= 0.3 is 5.97 Å². The zero-order valence-electron chi connectivity index (χ0n) is 14.3. The minimum absolute atomic E-state index is 0.239. The number of ether oxygens (including phenoxy) is 1. The number of hydrogen-bond donors (Lipinski definition) is 2. The number of esters is 1. The van der Waals surface area contributed by atoms with E-state index in [0.29, 0.717) is 11.4 Å². The lowest BCUT2D eigenvalue weighted by molar-refractivity contribution is -0.123. The first-order valence-corrected chi connectivity index (χ1v) is 7.81. The van der Waals surface area contributed by atoms with E-state index in [0.717, 1.165) is 5.56 Å². The van der Waals surface area contributed by atoms with Crippen LogP contribution in [0.5, 0.6) is 0 Å². The molecule has 2 rings (SSSR count). The zero-order valence-corrected chi connectivity index (χ0v) is 14.3. The number of benzene rings is 2. The molecular formula is C19H20N2O4. The van der Waals surface area contributed by atoms with Crippen LogP contribution in [0, 0.1) is 6.92 Å². The number of aryl methyl sites for hydroxylation is 1. The molecule has 0 aromatic heterocycles. The van der Waals surface area contributed by atoms with E-state index in [1.54, 1.807) is 24.3 Å². The fraction of sp³-hybridized carbons (Fsp3) is 0.211. The number of hydrogen-bond acceptors (Lipinski definition) is 4. The average molecular weight is 340 g/mol. The maximum atomic E-state index is 12.2. The molecule has 0 spiro atoms. The van der Waals surface area contributed by atoms with E-state index < -0.39 is 18.0 Å². The minimum atomic E-state index is -0.961. The van der Waals surface area contributed by atoms with Crippen molar-refractivity contribution < 1.29 is 19.1 Å². The summed E-state index contributed by atoms with van der Waals surface area (Å²) < 4.78 is 5.20. The lowest BCUT2D eigenvalue weighted by Crippen LogP contribution is -2.30. The Labute approximate surface area is 146 Å². The summed E-state index contributed by atoms with van der Waals surface area (Å²) in [7, 11) is 0. The van der Waals surface area contributed by atoms with E-state index in [1.165, 1.54) is 19.9 Å². The van der Waals surface area contributed by atoms with Gasteiger partial charge in [-0.05, 0) is 49.7 Å². The Kier molecular flexibility index (Phi) is 5.89. The molecule has 0 saturated carbocycles. The van der Waals surface area contributed by atoms with Crippen LogP contribution in [0.4, 0.5) is 11.4 Å². The van der Waals surface area contributed by atoms with Crippen molar-refractivity contribution in [1.82, 2.24) is 0 Å². The number of anilines is 2. The second-order valence-corrected chi connectivity index (χ2v) is 5.67. The van der Waals surface area contributed by atoms with Crippen LogP contribution >= 0.6 is 0 Å². The molecule has 0 radical (unpaired) electrons. The van der Waals surface area contributed by atoms with Gasteiger partial charge in [0.05, 0.1) is 5.56 Å². The van der Waals surface area contributed by atoms with Gasteiger partial charge < -0.3 is 15.4 Å². The summed E-state index contributed by atoms with van der Waals surface area (Å²) in [4.78, 5) is 35.4. The van der Waals surface area contributed by atoms with Gasteiger partial charge in [-0.25, -0.2) is 4.79 Å². The van der Waals surface area contributed by atoms with Crippen molar-refractivity contribution in [2.45, 2.75) is 26.9 Å². The number of rotatable bonds is 5. The fourth-order valence-corrected chi connectivity index (χ4v) is 2.18. The van der Waals surface area contributed by atoms with Crippen molar-refractivity contribution in [3.63, 3.8) is 0 Å². The number of amides is 2. The lowest BCUT2D eigenvalue weighted by atomic mass is 10.2. The zero-order chi connectivity index (χ0) is 18.4. The summed E-state index contributed by atoms with van der Waals surface area (Å²) in [6.45, 7) is 4.80. The van der Waals surface area contributed by atoms with E-state index in [9.17, 15) is 14.4 Å². The van der Waals surface area contributed by atoms with Gasteiger partial charge in [0.1, 0.15) is 0 Å². The monoisotopic (exact) mass is 340 g/mol. The van der Waals surface area contributed by atoms with Gasteiger partial charge in [0.15, 0.2) is 6.10 Å². The molecule has 1 atom stereocenters. The molecule has 0 aliphatic heterocycles. The van der Waals surface area contributed by atoms with E-state index in [2.05, 4.69) is 10.6 Å². The Hall–Kier alpha value is -3.15. The quantitative estimate of drug-likeness (QED) is 0.819. The Morgan fingerprint density at radius 1 is 0.960 bits per heavy atom. The molecule has 0 bridgehead atoms. The van der Waals surface area contributed by atoms with Crippen molar-refractivity contribution in [2.75, 3.05) is 10.6 Å². The highest BCUT2D eigenvalue weighted by atomic mass is 16.5. The van der Waals surface area contributed by atoms with Crippen molar-refractivity contribution in [3.8, 4) is 0 Å². The second-order valence-electron chi connectivity index (χ2n) is 5.67. The molecule has 25 heavy (non-hydrogen) atoms. The van der Waals surface area contributed by atoms with Gasteiger partial charge in [0, 0.05) is 18.3 Å². The van der Waals surface area contributed by atoms with Gasteiger partial charge in [-0.3, -0.25) is 9.59 Å². The number of carbonyl (C=O) groups is 3. The van der Waals surface area contributed by atoms with Crippen LogP contribution in [0.3, 0.4) is 0 Å². The number of carbonyl (C=O) groups excluding carboxylic acids is 3. The van der Waals surface area contributed by atoms with Crippen LogP contribution < -0.4 is 10.6 Å². The van der Waals surface area contributed by atoms with Gasteiger partial charge in [0.25, 0.3) is 5.91 Å². The molecule has 6 nitrogen and oxygen atoms in total. The predicted molar refractivity (Wildman–Crippen MR) is 95.4 cm³/mol. The van der Waals surface area contributed by atoms with Crippen LogP contribution in [0.1, 0.15) is 29.8 Å². The third-order valence-corrected chi connectivity index (χ3v) is 3.36. The van der Waals surface area contributed by atoms with Gasteiger partial charge in [-0.15, -0.1) is 0 Å². The van der Waals surface area contributed by atoms with Gasteiger partial charge in [-0.1, -0.05) is 18.2 Å². The first-order chi connectivity index (χ1) is 11.8. The molecule has 2 N–H and O–H groups in total.